The normalized spacial score (nSPS) is 15.5. The van der Waals surface area contributed by atoms with Crippen molar-refractivity contribution in [1.29, 1.82) is 0 Å². The van der Waals surface area contributed by atoms with Gasteiger partial charge in [-0.15, -0.1) is 0 Å². The third-order valence-electron chi connectivity index (χ3n) is 4.66. The van der Waals surface area contributed by atoms with Crippen LogP contribution in [0.1, 0.15) is 48.0 Å². The molecule has 1 fully saturated rings. The molecule has 0 spiro atoms. The van der Waals surface area contributed by atoms with Crippen molar-refractivity contribution in [1.82, 2.24) is 5.32 Å². The minimum absolute atomic E-state index is 0.121. The van der Waals surface area contributed by atoms with E-state index in [2.05, 4.69) is 10.0 Å². The molecule has 0 bridgehead atoms. The number of carbonyl (C=O) groups excluding carboxylic acids is 1. The molecule has 148 valence electrons. The Kier molecular flexibility index (Phi) is 6.75. The lowest BCUT2D eigenvalue weighted by atomic mass is 9.95. The van der Waals surface area contributed by atoms with Crippen molar-refractivity contribution in [3.63, 3.8) is 0 Å². The molecular weight excluding hydrogens is 396 g/mol. The van der Waals surface area contributed by atoms with E-state index in [1.165, 1.54) is 12.5 Å². The van der Waals surface area contributed by atoms with E-state index < -0.39 is 10.0 Å². The Hall–Kier alpha value is -2.31. The van der Waals surface area contributed by atoms with E-state index in [-0.39, 0.29) is 11.9 Å². The Morgan fingerprint density at radius 1 is 0.964 bits per heavy atom. The van der Waals surface area contributed by atoms with E-state index in [4.69, 9.17) is 11.6 Å². The average molecular weight is 419 g/mol. The average Bonchev–Trinajstić information content (AvgIpc) is 2.68. The Morgan fingerprint density at radius 2 is 1.61 bits per heavy atom. The predicted octanol–water partition coefficient (Wildman–Crippen LogP) is 4.82. The van der Waals surface area contributed by atoms with Gasteiger partial charge in [-0.05, 0) is 60.9 Å². The summed E-state index contributed by atoms with van der Waals surface area (Å²) in [5.74, 6) is -0.121. The van der Waals surface area contributed by atoms with Gasteiger partial charge in [0.1, 0.15) is 0 Å². The molecule has 2 aromatic carbocycles. The summed E-state index contributed by atoms with van der Waals surface area (Å²) in [7, 11) is -3.66. The van der Waals surface area contributed by atoms with Gasteiger partial charge in [-0.2, -0.15) is 0 Å². The standard InChI is InChI=1S/C21H23ClN2O3S/c22-18-10-6-16(7-11-18)14-15-28(26,27)24-20-12-8-17(9-13-20)21(25)23-19-4-2-1-3-5-19/h6-15,19,24H,1-5H2,(H,23,25). The highest BCUT2D eigenvalue weighted by Crippen LogP contribution is 2.19. The molecule has 5 nitrogen and oxygen atoms in total. The fourth-order valence-electron chi connectivity index (χ4n) is 3.15. The molecule has 0 aliphatic heterocycles. The maximum absolute atomic E-state index is 12.3. The summed E-state index contributed by atoms with van der Waals surface area (Å²) in [5, 5.41) is 4.73. The molecule has 0 unspecified atom stereocenters. The molecule has 2 N–H and O–H groups in total. The summed E-state index contributed by atoms with van der Waals surface area (Å²) in [6.07, 6.45) is 7.05. The highest BCUT2D eigenvalue weighted by molar-refractivity contribution is 7.95. The monoisotopic (exact) mass is 418 g/mol. The molecule has 0 saturated heterocycles. The van der Waals surface area contributed by atoms with Crippen LogP contribution in [0, 0.1) is 0 Å². The molecule has 2 aromatic rings. The van der Waals surface area contributed by atoms with Crippen molar-refractivity contribution in [3.8, 4) is 0 Å². The van der Waals surface area contributed by atoms with E-state index in [0.29, 0.717) is 16.3 Å². The van der Waals surface area contributed by atoms with Gasteiger partial charge >= 0.3 is 0 Å². The van der Waals surface area contributed by atoms with Crippen molar-refractivity contribution < 1.29 is 13.2 Å². The van der Waals surface area contributed by atoms with Crippen LogP contribution in [0.5, 0.6) is 0 Å². The molecule has 1 aliphatic rings. The maximum atomic E-state index is 12.3. The second-order valence-electron chi connectivity index (χ2n) is 6.89. The Bertz CT molecular complexity index is 933. The van der Waals surface area contributed by atoms with E-state index in [1.54, 1.807) is 48.5 Å². The largest absolute Gasteiger partial charge is 0.349 e. The molecule has 0 heterocycles. The number of nitrogens with one attached hydrogen (secondary N) is 2. The number of halogens is 1. The van der Waals surface area contributed by atoms with Crippen LogP contribution >= 0.6 is 11.6 Å². The number of hydrogen-bond acceptors (Lipinski definition) is 3. The molecule has 1 saturated carbocycles. The molecule has 0 atom stereocenters. The van der Waals surface area contributed by atoms with E-state index >= 15 is 0 Å². The van der Waals surface area contributed by atoms with Gasteiger partial charge in [0.05, 0.1) is 5.41 Å². The van der Waals surface area contributed by atoms with Crippen molar-refractivity contribution in [2.24, 2.45) is 0 Å². The topological polar surface area (TPSA) is 75.3 Å². The van der Waals surface area contributed by atoms with Crippen molar-refractivity contribution >= 4 is 39.3 Å². The molecule has 28 heavy (non-hydrogen) atoms. The lowest BCUT2D eigenvalue weighted by molar-refractivity contribution is 0.0927. The van der Waals surface area contributed by atoms with Crippen molar-refractivity contribution in [3.05, 3.63) is 70.1 Å². The number of carbonyl (C=O) groups is 1. The van der Waals surface area contributed by atoms with Crippen LogP contribution in [-0.4, -0.2) is 20.4 Å². The van der Waals surface area contributed by atoms with Gasteiger partial charge in [-0.3, -0.25) is 9.52 Å². The summed E-state index contributed by atoms with van der Waals surface area (Å²) in [6.45, 7) is 0. The van der Waals surface area contributed by atoms with Crippen LogP contribution in [-0.2, 0) is 10.0 Å². The van der Waals surface area contributed by atoms with Gasteiger partial charge in [0, 0.05) is 22.3 Å². The van der Waals surface area contributed by atoms with Gasteiger partial charge in [0.2, 0.25) is 0 Å². The number of hydrogen-bond donors (Lipinski definition) is 2. The number of amides is 1. The minimum Gasteiger partial charge on any atom is -0.349 e. The molecule has 0 aromatic heterocycles. The highest BCUT2D eigenvalue weighted by atomic mass is 35.5. The van der Waals surface area contributed by atoms with Crippen LogP contribution in [0.15, 0.2) is 53.9 Å². The second-order valence-corrected chi connectivity index (χ2v) is 8.89. The zero-order chi connectivity index (χ0) is 20.0. The summed E-state index contributed by atoms with van der Waals surface area (Å²) in [6, 6.07) is 13.5. The smallest absolute Gasteiger partial charge is 0.255 e. The number of benzene rings is 2. The van der Waals surface area contributed by atoms with Gasteiger partial charge in [0.25, 0.3) is 15.9 Å². The molecular formula is C21H23ClN2O3S. The first-order valence-electron chi connectivity index (χ1n) is 9.29. The summed E-state index contributed by atoms with van der Waals surface area (Å²) < 4.78 is 26.9. The third kappa shape index (κ3) is 6.11. The first-order valence-corrected chi connectivity index (χ1v) is 11.2. The van der Waals surface area contributed by atoms with E-state index in [0.717, 1.165) is 36.7 Å². The van der Waals surface area contributed by atoms with Gasteiger partial charge in [-0.25, -0.2) is 8.42 Å². The number of sulfonamides is 1. The van der Waals surface area contributed by atoms with Crippen molar-refractivity contribution in [2.45, 2.75) is 38.1 Å². The zero-order valence-electron chi connectivity index (χ0n) is 15.4. The Morgan fingerprint density at radius 3 is 2.25 bits per heavy atom. The molecule has 1 amide bonds. The van der Waals surface area contributed by atoms with Gasteiger partial charge < -0.3 is 5.32 Å². The molecule has 1 aliphatic carbocycles. The molecule has 7 heteroatoms. The Balaban J connectivity index is 1.59. The fourth-order valence-corrected chi connectivity index (χ4v) is 4.14. The quantitative estimate of drug-likeness (QED) is 0.706. The first-order chi connectivity index (χ1) is 13.4. The lowest BCUT2D eigenvalue weighted by Crippen LogP contribution is -2.36. The zero-order valence-corrected chi connectivity index (χ0v) is 17.0. The van der Waals surface area contributed by atoms with Crippen LogP contribution in [0.3, 0.4) is 0 Å². The van der Waals surface area contributed by atoms with E-state index in [1.807, 2.05) is 0 Å². The SMILES string of the molecule is O=C(NC1CCCCC1)c1ccc(NS(=O)(=O)C=Cc2ccc(Cl)cc2)cc1. The number of anilines is 1. The Labute approximate surface area is 170 Å². The summed E-state index contributed by atoms with van der Waals surface area (Å²) in [4.78, 5) is 12.3. The second kappa shape index (κ2) is 9.26. The highest BCUT2D eigenvalue weighted by Gasteiger charge is 2.16. The predicted molar refractivity (Wildman–Crippen MR) is 114 cm³/mol. The van der Waals surface area contributed by atoms with Crippen LogP contribution in [0.2, 0.25) is 5.02 Å². The van der Waals surface area contributed by atoms with Gasteiger partial charge in [-0.1, -0.05) is 43.0 Å². The van der Waals surface area contributed by atoms with Crippen LogP contribution < -0.4 is 10.0 Å². The lowest BCUT2D eigenvalue weighted by Gasteiger charge is -2.22. The fraction of sp³-hybridized carbons (Fsp3) is 0.286. The minimum atomic E-state index is -3.66. The van der Waals surface area contributed by atoms with Gasteiger partial charge in [0.15, 0.2) is 0 Å². The third-order valence-corrected chi connectivity index (χ3v) is 5.92. The number of rotatable bonds is 6. The van der Waals surface area contributed by atoms with Crippen LogP contribution in [0.25, 0.3) is 6.08 Å². The summed E-state index contributed by atoms with van der Waals surface area (Å²) in [5.41, 5.74) is 1.64. The molecule has 0 radical (unpaired) electrons. The van der Waals surface area contributed by atoms with Crippen LogP contribution in [0.4, 0.5) is 5.69 Å². The summed E-state index contributed by atoms with van der Waals surface area (Å²) >= 11 is 5.82. The van der Waals surface area contributed by atoms with Crippen molar-refractivity contribution in [2.75, 3.05) is 4.72 Å². The first kappa shape index (κ1) is 20.4. The molecule has 3 rings (SSSR count). The maximum Gasteiger partial charge on any atom is 0.255 e. The van der Waals surface area contributed by atoms with E-state index in [9.17, 15) is 13.2 Å².